The largest absolute Gasteiger partial charge is 0.457 e. The van der Waals surface area contributed by atoms with Crippen LogP contribution in [0.5, 0.6) is 0 Å². The predicted molar refractivity (Wildman–Crippen MR) is 121 cm³/mol. The van der Waals surface area contributed by atoms with Crippen LogP contribution in [-0.2, 0) is 4.79 Å². The van der Waals surface area contributed by atoms with Crippen molar-refractivity contribution >= 4 is 44.5 Å². The molecule has 1 amide bonds. The number of hydrazone groups is 1. The SMILES string of the molecule is CCSC1=NN2C(=c3ccccc3=N[C@@H]2c2ccc(-c3ccc(Br)cc3)o2)C(=O)N1. The molecule has 0 aliphatic carbocycles. The van der Waals surface area contributed by atoms with Crippen LogP contribution in [0.25, 0.3) is 17.0 Å². The number of halogens is 1. The molecular formula is C22H17BrN4O2S. The molecule has 3 aromatic rings. The second kappa shape index (κ2) is 7.77. The first-order valence-corrected chi connectivity index (χ1v) is 11.3. The van der Waals surface area contributed by atoms with Crippen molar-refractivity contribution in [3.63, 3.8) is 0 Å². The quantitative estimate of drug-likeness (QED) is 0.621. The van der Waals surface area contributed by atoms with E-state index in [1.807, 2.05) is 67.6 Å². The third-order valence-electron chi connectivity index (χ3n) is 4.81. The van der Waals surface area contributed by atoms with Crippen molar-refractivity contribution in [2.45, 2.75) is 13.1 Å². The Kier molecular flexibility index (Phi) is 4.96. The number of benzene rings is 2. The zero-order valence-corrected chi connectivity index (χ0v) is 18.4. The number of amides is 1. The van der Waals surface area contributed by atoms with Crippen molar-refractivity contribution in [1.82, 2.24) is 10.3 Å². The van der Waals surface area contributed by atoms with Crippen LogP contribution >= 0.6 is 27.7 Å². The first kappa shape index (κ1) is 19.1. The molecule has 2 aliphatic heterocycles. The van der Waals surface area contributed by atoms with E-state index in [9.17, 15) is 4.79 Å². The Morgan fingerprint density at radius 1 is 1.13 bits per heavy atom. The molecule has 150 valence electrons. The second-order valence-corrected chi connectivity index (χ2v) is 8.88. The lowest BCUT2D eigenvalue weighted by Gasteiger charge is -2.32. The summed E-state index contributed by atoms with van der Waals surface area (Å²) in [6, 6.07) is 19.3. The average molecular weight is 481 g/mol. The maximum atomic E-state index is 13.0. The van der Waals surface area contributed by atoms with E-state index >= 15 is 0 Å². The van der Waals surface area contributed by atoms with Gasteiger partial charge in [0.1, 0.15) is 11.5 Å². The highest BCUT2D eigenvalue weighted by molar-refractivity contribution is 9.10. The Balaban J connectivity index is 1.63. The molecule has 0 unspecified atom stereocenters. The van der Waals surface area contributed by atoms with E-state index in [0.717, 1.165) is 32.1 Å². The molecule has 0 fully saturated rings. The van der Waals surface area contributed by atoms with Gasteiger partial charge in [-0.05, 0) is 36.1 Å². The van der Waals surface area contributed by atoms with Crippen LogP contribution in [0.4, 0.5) is 0 Å². The van der Waals surface area contributed by atoms with E-state index in [1.165, 1.54) is 11.8 Å². The summed E-state index contributed by atoms with van der Waals surface area (Å²) in [6.07, 6.45) is -0.558. The van der Waals surface area contributed by atoms with Gasteiger partial charge in [0.2, 0.25) is 6.17 Å². The number of rotatable bonds is 3. The van der Waals surface area contributed by atoms with E-state index in [0.29, 0.717) is 16.6 Å². The van der Waals surface area contributed by atoms with Crippen LogP contribution in [0.3, 0.4) is 0 Å². The lowest BCUT2D eigenvalue weighted by atomic mass is 10.1. The number of hydrogen-bond acceptors (Lipinski definition) is 6. The number of fused-ring (bicyclic) bond motifs is 2. The molecule has 6 nitrogen and oxygen atoms in total. The van der Waals surface area contributed by atoms with E-state index < -0.39 is 6.17 Å². The summed E-state index contributed by atoms with van der Waals surface area (Å²) >= 11 is 4.93. The molecule has 5 rings (SSSR count). The normalized spacial score (nSPS) is 17.6. The van der Waals surface area contributed by atoms with Gasteiger partial charge in [-0.2, -0.15) is 0 Å². The molecule has 30 heavy (non-hydrogen) atoms. The van der Waals surface area contributed by atoms with Gasteiger partial charge in [-0.3, -0.25) is 10.1 Å². The topological polar surface area (TPSA) is 70.2 Å². The average Bonchev–Trinajstić information content (AvgIpc) is 3.23. The molecule has 0 spiro atoms. The number of hydrogen-bond donors (Lipinski definition) is 1. The number of thioether (sulfide) groups is 1. The fourth-order valence-electron chi connectivity index (χ4n) is 3.48. The fraction of sp³-hybridized carbons (Fsp3) is 0.136. The van der Waals surface area contributed by atoms with Crippen LogP contribution in [0.1, 0.15) is 18.8 Å². The zero-order chi connectivity index (χ0) is 20.7. The number of carbonyl (C=O) groups is 1. The van der Waals surface area contributed by atoms with Gasteiger partial charge in [0.05, 0.1) is 5.36 Å². The summed E-state index contributed by atoms with van der Waals surface area (Å²) in [5, 5.41) is 11.3. The number of nitrogens with one attached hydrogen (secondary N) is 1. The molecule has 8 heteroatoms. The zero-order valence-electron chi connectivity index (χ0n) is 16.0. The Bertz CT molecular complexity index is 1280. The molecule has 1 atom stereocenters. The van der Waals surface area contributed by atoms with Crippen LogP contribution < -0.4 is 15.9 Å². The molecular weight excluding hydrogens is 464 g/mol. The van der Waals surface area contributed by atoms with Gasteiger partial charge in [-0.1, -0.05) is 64.9 Å². The number of carbonyl (C=O) groups excluding carboxylic acids is 1. The first-order chi connectivity index (χ1) is 14.6. The fourth-order valence-corrected chi connectivity index (χ4v) is 4.32. The third kappa shape index (κ3) is 3.36. The van der Waals surface area contributed by atoms with Gasteiger partial charge >= 0.3 is 0 Å². The molecule has 0 saturated carbocycles. The monoisotopic (exact) mass is 480 g/mol. The highest BCUT2D eigenvalue weighted by Crippen LogP contribution is 2.34. The minimum Gasteiger partial charge on any atom is -0.457 e. The molecule has 0 radical (unpaired) electrons. The van der Waals surface area contributed by atoms with Crippen molar-refractivity contribution in [1.29, 1.82) is 0 Å². The van der Waals surface area contributed by atoms with E-state index in [2.05, 4.69) is 26.3 Å². The van der Waals surface area contributed by atoms with Crippen molar-refractivity contribution in [3.8, 4) is 11.3 Å². The minimum absolute atomic E-state index is 0.187. The lowest BCUT2D eigenvalue weighted by molar-refractivity contribution is -0.116. The van der Waals surface area contributed by atoms with E-state index in [-0.39, 0.29) is 5.91 Å². The summed E-state index contributed by atoms with van der Waals surface area (Å²) in [6.45, 7) is 2.02. The Labute approximate surface area is 185 Å². The number of furan rings is 1. The summed E-state index contributed by atoms with van der Waals surface area (Å²) in [5.41, 5.74) is 1.44. The summed E-state index contributed by atoms with van der Waals surface area (Å²) in [7, 11) is 0. The Morgan fingerprint density at radius 3 is 2.73 bits per heavy atom. The Morgan fingerprint density at radius 2 is 1.93 bits per heavy atom. The van der Waals surface area contributed by atoms with Crippen LogP contribution in [0, 0.1) is 0 Å². The van der Waals surface area contributed by atoms with E-state index in [4.69, 9.17) is 9.41 Å². The van der Waals surface area contributed by atoms with Crippen LogP contribution in [-0.4, -0.2) is 21.8 Å². The molecule has 0 saturated heterocycles. The summed E-state index contributed by atoms with van der Waals surface area (Å²) in [5.74, 6) is 1.98. The van der Waals surface area contributed by atoms with Gasteiger partial charge in [-0.25, -0.2) is 10.0 Å². The van der Waals surface area contributed by atoms with Crippen LogP contribution in [0.15, 0.2) is 79.6 Å². The van der Waals surface area contributed by atoms with Gasteiger partial charge < -0.3 is 4.42 Å². The van der Waals surface area contributed by atoms with Gasteiger partial charge in [0.15, 0.2) is 10.9 Å². The molecule has 1 aromatic heterocycles. The van der Waals surface area contributed by atoms with Crippen LogP contribution in [0.2, 0.25) is 0 Å². The summed E-state index contributed by atoms with van der Waals surface area (Å²) < 4.78 is 7.18. The highest BCUT2D eigenvalue weighted by atomic mass is 79.9. The van der Waals surface area contributed by atoms with Crippen molar-refractivity contribution in [2.75, 3.05) is 5.75 Å². The highest BCUT2D eigenvalue weighted by Gasteiger charge is 2.35. The maximum Gasteiger partial charge on any atom is 0.276 e. The summed E-state index contributed by atoms with van der Waals surface area (Å²) in [4.78, 5) is 17.8. The molecule has 2 aliphatic rings. The van der Waals surface area contributed by atoms with E-state index in [1.54, 1.807) is 5.01 Å². The minimum atomic E-state index is -0.558. The van der Waals surface area contributed by atoms with Gasteiger partial charge in [0.25, 0.3) is 5.91 Å². The first-order valence-electron chi connectivity index (χ1n) is 9.49. The number of para-hydroxylation sites is 1. The van der Waals surface area contributed by atoms with Crippen molar-refractivity contribution in [3.05, 3.63) is 81.5 Å². The number of nitrogens with zero attached hydrogens (tertiary/aromatic N) is 3. The van der Waals surface area contributed by atoms with Crippen molar-refractivity contribution < 1.29 is 9.21 Å². The smallest absolute Gasteiger partial charge is 0.276 e. The van der Waals surface area contributed by atoms with Gasteiger partial charge in [-0.15, -0.1) is 5.10 Å². The lowest BCUT2D eigenvalue weighted by Crippen LogP contribution is -2.50. The third-order valence-corrected chi connectivity index (χ3v) is 6.08. The second-order valence-electron chi connectivity index (χ2n) is 6.71. The number of amidine groups is 1. The molecule has 2 aromatic carbocycles. The molecule has 3 heterocycles. The molecule has 0 bridgehead atoms. The standard InChI is InChI=1S/C22H17BrN4O2S/c1-2-30-22-25-21(28)19-15-5-3-4-6-16(15)24-20(27(19)26-22)18-12-11-17(29-18)13-7-9-14(23)10-8-13/h3-12,20H,2H2,1H3,(H,25,26,28)/t20-/m0/s1. The molecule has 1 N–H and O–H groups in total. The Hall–Kier alpha value is -2.84. The van der Waals surface area contributed by atoms with Crippen molar-refractivity contribution in [2.24, 2.45) is 10.1 Å². The maximum absolute atomic E-state index is 13.0. The predicted octanol–water partition coefficient (Wildman–Crippen LogP) is 3.61. The van der Waals surface area contributed by atoms with Gasteiger partial charge in [0, 0.05) is 15.3 Å².